The molecule has 0 bridgehead atoms. The third kappa shape index (κ3) is 7.41. The summed E-state index contributed by atoms with van der Waals surface area (Å²) in [7, 11) is 2.20. The van der Waals surface area contributed by atoms with Crippen molar-refractivity contribution >= 4 is 29.9 Å². The highest BCUT2D eigenvalue weighted by Gasteiger charge is 2.22. The Bertz CT molecular complexity index is 370. The summed E-state index contributed by atoms with van der Waals surface area (Å²) in [5, 5.41) is 3.32. The Hall–Kier alpha value is -0.120. The molecular weight excluding hydrogens is 415 g/mol. The first-order valence-corrected chi connectivity index (χ1v) is 9.27. The Balaban J connectivity index is 0.00000288. The first-order valence-electron chi connectivity index (χ1n) is 9.27. The number of hydrogen-bond donors (Lipinski definition) is 2. The van der Waals surface area contributed by atoms with Crippen molar-refractivity contribution < 1.29 is 0 Å². The molecule has 2 unspecified atom stereocenters. The molecule has 142 valence electrons. The van der Waals surface area contributed by atoms with Crippen LogP contribution in [0.2, 0.25) is 0 Å². The van der Waals surface area contributed by atoms with Crippen LogP contribution < -0.4 is 11.1 Å². The molecule has 2 aliphatic rings. The predicted octanol–water partition coefficient (Wildman–Crippen LogP) is 0.877. The van der Waals surface area contributed by atoms with Crippen LogP contribution in [0.1, 0.15) is 26.7 Å². The number of nitrogens with zero attached hydrogens (tertiary/aromatic N) is 4. The minimum atomic E-state index is 0. The molecule has 0 aromatic heterocycles. The lowest BCUT2D eigenvalue weighted by Crippen LogP contribution is -2.46. The van der Waals surface area contributed by atoms with Gasteiger partial charge in [-0.15, -0.1) is 24.0 Å². The summed E-state index contributed by atoms with van der Waals surface area (Å²) in [6.45, 7) is 14.4. The van der Waals surface area contributed by atoms with E-state index in [1.165, 1.54) is 45.6 Å². The fourth-order valence-electron chi connectivity index (χ4n) is 3.60. The summed E-state index contributed by atoms with van der Waals surface area (Å²) in [4.78, 5) is 12.0. The van der Waals surface area contributed by atoms with Gasteiger partial charge in [-0.25, -0.2) is 0 Å². The molecule has 0 amide bonds. The number of guanidine groups is 1. The fraction of sp³-hybridized carbons (Fsp3) is 0.941. The zero-order valence-corrected chi connectivity index (χ0v) is 18.0. The quantitative estimate of drug-likeness (QED) is 0.341. The van der Waals surface area contributed by atoms with Crippen LogP contribution in [0.15, 0.2) is 4.99 Å². The van der Waals surface area contributed by atoms with Gasteiger partial charge in [0.15, 0.2) is 5.96 Å². The molecule has 0 aliphatic carbocycles. The Morgan fingerprint density at radius 1 is 1.25 bits per heavy atom. The van der Waals surface area contributed by atoms with Crippen LogP contribution in [0.5, 0.6) is 0 Å². The number of piperazine rings is 1. The van der Waals surface area contributed by atoms with Crippen molar-refractivity contribution in [2.45, 2.75) is 32.7 Å². The molecule has 0 radical (unpaired) electrons. The number of aliphatic imine (C=N–C) groups is 1. The number of hydrogen-bond acceptors (Lipinski definition) is 4. The molecule has 6 nitrogen and oxygen atoms in total. The lowest BCUT2D eigenvalue weighted by molar-refractivity contribution is 0.140. The van der Waals surface area contributed by atoms with E-state index in [4.69, 9.17) is 5.73 Å². The maximum atomic E-state index is 6.04. The number of likely N-dealkylation sites (tertiary alicyclic amines) is 1. The van der Waals surface area contributed by atoms with Crippen molar-refractivity contribution in [2.75, 3.05) is 66.0 Å². The molecule has 2 saturated heterocycles. The Morgan fingerprint density at radius 3 is 2.62 bits per heavy atom. The van der Waals surface area contributed by atoms with Gasteiger partial charge in [-0.3, -0.25) is 9.89 Å². The average molecular weight is 452 g/mol. The fourth-order valence-corrected chi connectivity index (χ4v) is 3.60. The second-order valence-corrected chi connectivity index (χ2v) is 7.24. The monoisotopic (exact) mass is 452 g/mol. The highest BCUT2D eigenvalue weighted by Crippen LogP contribution is 2.15. The zero-order chi connectivity index (χ0) is 16.7. The van der Waals surface area contributed by atoms with E-state index in [0.717, 1.165) is 26.2 Å². The van der Waals surface area contributed by atoms with E-state index >= 15 is 0 Å². The maximum absolute atomic E-state index is 6.04. The second-order valence-electron chi connectivity index (χ2n) is 7.24. The van der Waals surface area contributed by atoms with Gasteiger partial charge in [0.2, 0.25) is 0 Å². The van der Waals surface area contributed by atoms with Crippen molar-refractivity contribution in [3.63, 3.8) is 0 Å². The van der Waals surface area contributed by atoms with Crippen LogP contribution in [-0.2, 0) is 0 Å². The van der Waals surface area contributed by atoms with Gasteiger partial charge in [-0.2, -0.15) is 0 Å². The van der Waals surface area contributed by atoms with Crippen LogP contribution in [-0.4, -0.2) is 92.7 Å². The number of rotatable bonds is 7. The van der Waals surface area contributed by atoms with E-state index in [2.05, 4.69) is 45.9 Å². The van der Waals surface area contributed by atoms with Gasteiger partial charge in [-0.05, 0) is 38.9 Å². The van der Waals surface area contributed by atoms with Gasteiger partial charge < -0.3 is 20.9 Å². The van der Waals surface area contributed by atoms with Gasteiger partial charge in [0.1, 0.15) is 0 Å². The van der Waals surface area contributed by atoms with Crippen LogP contribution in [0, 0.1) is 5.92 Å². The highest BCUT2D eigenvalue weighted by atomic mass is 127. The summed E-state index contributed by atoms with van der Waals surface area (Å²) >= 11 is 0. The first kappa shape index (κ1) is 21.9. The number of likely N-dealkylation sites (N-methyl/N-ethyl adjacent to an activating group) is 2. The highest BCUT2D eigenvalue weighted by molar-refractivity contribution is 14.0. The molecule has 2 heterocycles. The zero-order valence-electron chi connectivity index (χ0n) is 15.7. The summed E-state index contributed by atoms with van der Waals surface area (Å²) in [5.74, 6) is 1.16. The minimum Gasteiger partial charge on any atom is -0.370 e. The number of halogens is 1. The lowest BCUT2D eigenvalue weighted by Gasteiger charge is -2.33. The lowest BCUT2D eigenvalue weighted by atomic mass is 10.1. The molecule has 7 heteroatoms. The molecule has 2 fully saturated rings. The van der Waals surface area contributed by atoms with Gasteiger partial charge in [0.05, 0.1) is 0 Å². The van der Waals surface area contributed by atoms with Crippen molar-refractivity contribution in [1.82, 2.24) is 20.0 Å². The van der Waals surface area contributed by atoms with E-state index in [-0.39, 0.29) is 24.0 Å². The summed E-state index contributed by atoms with van der Waals surface area (Å²) in [6.07, 6.45) is 2.58. The molecular formula is C17H37IN6. The molecule has 2 aliphatic heterocycles. The van der Waals surface area contributed by atoms with Crippen molar-refractivity contribution in [3.8, 4) is 0 Å². The third-order valence-electron chi connectivity index (χ3n) is 5.16. The van der Waals surface area contributed by atoms with E-state index in [0.29, 0.717) is 17.9 Å². The maximum Gasteiger partial charge on any atom is 0.188 e. The molecule has 0 spiro atoms. The Kier molecular flexibility index (Phi) is 10.5. The molecule has 0 aromatic rings. The third-order valence-corrected chi connectivity index (χ3v) is 5.16. The standard InChI is InChI=1S/C17H36N6.HI/c1-4-23-7-5-6-16(23)13-20-17(18)19-12-15(2)14-22-10-8-21(3)9-11-22;/h15-16H,4-14H2,1-3H3,(H3,18,19,20);1H. The average Bonchev–Trinajstić information content (AvgIpc) is 3.00. The van der Waals surface area contributed by atoms with E-state index in [1.807, 2.05) is 0 Å². The molecule has 0 aromatic carbocycles. The second kappa shape index (κ2) is 11.5. The van der Waals surface area contributed by atoms with Crippen LogP contribution in [0.3, 0.4) is 0 Å². The van der Waals surface area contributed by atoms with Gasteiger partial charge in [0, 0.05) is 51.9 Å². The van der Waals surface area contributed by atoms with E-state index in [1.54, 1.807) is 0 Å². The van der Waals surface area contributed by atoms with Crippen LogP contribution >= 0.6 is 24.0 Å². The van der Waals surface area contributed by atoms with Crippen molar-refractivity contribution in [1.29, 1.82) is 0 Å². The molecule has 2 atom stereocenters. The van der Waals surface area contributed by atoms with Crippen molar-refractivity contribution in [3.05, 3.63) is 0 Å². The normalized spacial score (nSPS) is 25.5. The Morgan fingerprint density at radius 2 is 1.96 bits per heavy atom. The summed E-state index contributed by atoms with van der Waals surface area (Å²) in [6, 6.07) is 0.622. The minimum absolute atomic E-state index is 0. The van der Waals surface area contributed by atoms with E-state index in [9.17, 15) is 0 Å². The summed E-state index contributed by atoms with van der Waals surface area (Å²) in [5.41, 5.74) is 6.04. The van der Waals surface area contributed by atoms with Gasteiger partial charge in [0.25, 0.3) is 0 Å². The topological polar surface area (TPSA) is 60.1 Å². The predicted molar refractivity (Wildman–Crippen MR) is 113 cm³/mol. The molecule has 0 saturated carbocycles. The number of nitrogens with two attached hydrogens (primary N) is 1. The summed E-state index contributed by atoms with van der Waals surface area (Å²) < 4.78 is 0. The van der Waals surface area contributed by atoms with E-state index < -0.39 is 0 Å². The van der Waals surface area contributed by atoms with Crippen LogP contribution in [0.25, 0.3) is 0 Å². The smallest absolute Gasteiger partial charge is 0.188 e. The Labute approximate surface area is 165 Å². The molecule has 2 rings (SSSR count). The van der Waals surface area contributed by atoms with Gasteiger partial charge >= 0.3 is 0 Å². The molecule has 3 N–H and O–H groups in total. The number of nitrogens with one attached hydrogen (secondary N) is 1. The SMILES string of the molecule is CCN1CCCC1CNC(N)=NCC(C)CN1CCN(C)CC1.I. The largest absolute Gasteiger partial charge is 0.370 e. The van der Waals surface area contributed by atoms with Crippen molar-refractivity contribution in [2.24, 2.45) is 16.6 Å². The van der Waals surface area contributed by atoms with Gasteiger partial charge in [-0.1, -0.05) is 13.8 Å². The molecule has 24 heavy (non-hydrogen) atoms. The van der Waals surface area contributed by atoms with Crippen LogP contribution in [0.4, 0.5) is 0 Å². The first-order chi connectivity index (χ1) is 11.1.